The Morgan fingerprint density at radius 1 is 1.30 bits per heavy atom. The van der Waals surface area contributed by atoms with E-state index in [1.54, 1.807) is 4.90 Å². The summed E-state index contributed by atoms with van der Waals surface area (Å²) >= 11 is 0. The van der Waals surface area contributed by atoms with Gasteiger partial charge in [-0.3, -0.25) is 4.79 Å². The molecule has 0 saturated heterocycles. The van der Waals surface area contributed by atoms with Crippen LogP contribution in [0.25, 0.3) is 0 Å². The van der Waals surface area contributed by atoms with Crippen LogP contribution >= 0.6 is 0 Å². The highest BCUT2D eigenvalue weighted by Crippen LogP contribution is 2.20. The third-order valence-corrected chi connectivity index (χ3v) is 2.88. The number of hydrogen-bond acceptors (Lipinski definition) is 3. The van der Waals surface area contributed by atoms with Crippen molar-refractivity contribution >= 4 is 5.91 Å². The first-order valence-electron chi connectivity index (χ1n) is 6.73. The first-order valence-corrected chi connectivity index (χ1v) is 6.73. The monoisotopic (exact) mass is 282 g/mol. The first kappa shape index (κ1) is 16.4. The zero-order valence-electron chi connectivity index (χ0n) is 12.6. The summed E-state index contributed by atoms with van der Waals surface area (Å²) in [5.41, 5.74) is 0.0180. The van der Waals surface area contributed by atoms with Gasteiger partial charge in [0, 0.05) is 19.6 Å². The summed E-state index contributed by atoms with van der Waals surface area (Å²) < 4.78 is 13.3. The van der Waals surface area contributed by atoms with Crippen molar-refractivity contribution in [2.75, 3.05) is 33.7 Å². The van der Waals surface area contributed by atoms with E-state index in [1.807, 2.05) is 32.8 Å². The number of carbonyl (C=O) groups excluding carboxylic acids is 1. The number of hydrogen-bond donors (Lipinski definition) is 1. The molecule has 0 saturated carbocycles. The largest absolute Gasteiger partial charge is 0.507 e. The normalized spacial score (nSPS) is 11.2. The Hall–Kier alpha value is -1.62. The van der Waals surface area contributed by atoms with Crippen molar-refractivity contribution in [3.05, 3.63) is 29.6 Å². The van der Waals surface area contributed by atoms with Gasteiger partial charge in [0.15, 0.2) is 0 Å². The quantitative estimate of drug-likeness (QED) is 0.870. The first-order chi connectivity index (χ1) is 9.31. The SMILES string of the molecule is CC(C)CN(CCN(C)C)C(=O)c1cc(F)ccc1O. The number of carbonyl (C=O) groups is 1. The Balaban J connectivity index is 2.93. The van der Waals surface area contributed by atoms with E-state index in [1.165, 1.54) is 6.07 Å². The van der Waals surface area contributed by atoms with E-state index in [0.717, 1.165) is 12.1 Å². The minimum atomic E-state index is -0.525. The number of phenols is 1. The summed E-state index contributed by atoms with van der Waals surface area (Å²) in [4.78, 5) is 16.1. The molecule has 0 spiro atoms. The van der Waals surface area contributed by atoms with E-state index in [4.69, 9.17) is 0 Å². The zero-order valence-corrected chi connectivity index (χ0v) is 12.6. The third kappa shape index (κ3) is 4.81. The Morgan fingerprint density at radius 2 is 1.95 bits per heavy atom. The number of nitrogens with zero attached hydrogens (tertiary/aromatic N) is 2. The van der Waals surface area contributed by atoms with Crippen molar-refractivity contribution in [3.8, 4) is 5.75 Å². The van der Waals surface area contributed by atoms with Crippen molar-refractivity contribution in [2.24, 2.45) is 5.92 Å². The van der Waals surface area contributed by atoms with Crippen LogP contribution in [-0.2, 0) is 0 Å². The molecule has 1 rings (SSSR count). The summed E-state index contributed by atoms with van der Waals surface area (Å²) in [6.45, 7) is 5.86. The predicted molar refractivity (Wildman–Crippen MR) is 77.4 cm³/mol. The fourth-order valence-corrected chi connectivity index (χ4v) is 1.89. The maximum atomic E-state index is 13.3. The lowest BCUT2D eigenvalue weighted by atomic mass is 10.1. The number of halogens is 1. The number of likely N-dealkylation sites (N-methyl/N-ethyl adjacent to an activating group) is 1. The molecule has 0 heterocycles. The molecule has 1 aromatic carbocycles. The minimum absolute atomic E-state index is 0.0180. The average Bonchev–Trinajstić information content (AvgIpc) is 2.36. The summed E-state index contributed by atoms with van der Waals surface area (Å²) in [5, 5.41) is 9.74. The van der Waals surface area contributed by atoms with Crippen LogP contribution in [0.5, 0.6) is 5.75 Å². The molecule has 0 fully saturated rings. The van der Waals surface area contributed by atoms with E-state index in [9.17, 15) is 14.3 Å². The average molecular weight is 282 g/mol. The van der Waals surface area contributed by atoms with Crippen LogP contribution in [0.3, 0.4) is 0 Å². The van der Waals surface area contributed by atoms with E-state index < -0.39 is 5.82 Å². The van der Waals surface area contributed by atoms with Crippen LogP contribution in [0.2, 0.25) is 0 Å². The van der Waals surface area contributed by atoms with Crippen LogP contribution in [-0.4, -0.2) is 54.5 Å². The fourth-order valence-electron chi connectivity index (χ4n) is 1.89. The summed E-state index contributed by atoms with van der Waals surface area (Å²) in [6, 6.07) is 3.43. The highest BCUT2D eigenvalue weighted by Gasteiger charge is 2.20. The van der Waals surface area contributed by atoms with Crippen molar-refractivity contribution < 1.29 is 14.3 Å². The standard InChI is InChI=1S/C15H23FN2O2/c1-11(2)10-18(8-7-17(3)4)15(20)13-9-12(16)5-6-14(13)19/h5-6,9,11,19H,7-8,10H2,1-4H3. The molecule has 0 aliphatic rings. The lowest BCUT2D eigenvalue weighted by Crippen LogP contribution is -2.39. The molecular weight excluding hydrogens is 259 g/mol. The number of amides is 1. The Bertz CT molecular complexity index is 461. The van der Waals surface area contributed by atoms with Gasteiger partial charge in [0.25, 0.3) is 5.91 Å². The van der Waals surface area contributed by atoms with Crippen molar-refractivity contribution in [3.63, 3.8) is 0 Å². The van der Waals surface area contributed by atoms with Gasteiger partial charge >= 0.3 is 0 Å². The molecule has 4 nitrogen and oxygen atoms in total. The molecule has 0 aliphatic heterocycles. The molecule has 0 unspecified atom stereocenters. The third-order valence-electron chi connectivity index (χ3n) is 2.88. The minimum Gasteiger partial charge on any atom is -0.507 e. The smallest absolute Gasteiger partial charge is 0.257 e. The Morgan fingerprint density at radius 3 is 2.50 bits per heavy atom. The second kappa shape index (κ2) is 7.24. The summed E-state index contributed by atoms with van der Waals surface area (Å²) in [7, 11) is 3.86. The Kier molecular flexibility index (Phi) is 5.95. The van der Waals surface area contributed by atoms with Gasteiger partial charge in [-0.2, -0.15) is 0 Å². The van der Waals surface area contributed by atoms with Crippen LogP contribution in [0.4, 0.5) is 4.39 Å². The maximum Gasteiger partial charge on any atom is 0.257 e. The van der Waals surface area contributed by atoms with Gasteiger partial charge in [-0.15, -0.1) is 0 Å². The van der Waals surface area contributed by atoms with Gasteiger partial charge in [0.05, 0.1) is 5.56 Å². The fraction of sp³-hybridized carbons (Fsp3) is 0.533. The molecule has 5 heteroatoms. The van der Waals surface area contributed by atoms with Gasteiger partial charge in [0.1, 0.15) is 11.6 Å². The van der Waals surface area contributed by atoms with E-state index in [-0.39, 0.29) is 17.2 Å². The van der Waals surface area contributed by atoms with Gasteiger partial charge in [0.2, 0.25) is 0 Å². The second-order valence-electron chi connectivity index (χ2n) is 5.61. The van der Waals surface area contributed by atoms with Gasteiger partial charge in [-0.1, -0.05) is 13.8 Å². The molecular formula is C15H23FN2O2. The summed E-state index contributed by atoms with van der Waals surface area (Å²) in [5.74, 6) is -0.743. The van der Waals surface area contributed by atoms with Gasteiger partial charge in [-0.25, -0.2) is 4.39 Å². The zero-order chi connectivity index (χ0) is 15.3. The van der Waals surface area contributed by atoms with Crippen LogP contribution in [0.15, 0.2) is 18.2 Å². The van der Waals surface area contributed by atoms with Gasteiger partial charge in [-0.05, 0) is 38.2 Å². The molecule has 1 aromatic rings. The van der Waals surface area contributed by atoms with Crippen LogP contribution in [0.1, 0.15) is 24.2 Å². The van der Waals surface area contributed by atoms with Crippen molar-refractivity contribution in [2.45, 2.75) is 13.8 Å². The molecule has 0 radical (unpaired) electrons. The maximum absolute atomic E-state index is 13.3. The molecule has 0 aromatic heterocycles. The Labute approximate surface area is 119 Å². The molecule has 20 heavy (non-hydrogen) atoms. The lowest BCUT2D eigenvalue weighted by molar-refractivity contribution is 0.0721. The van der Waals surface area contributed by atoms with Crippen molar-refractivity contribution in [1.82, 2.24) is 9.80 Å². The number of rotatable bonds is 6. The molecule has 0 bridgehead atoms. The molecule has 0 aliphatic carbocycles. The highest BCUT2D eigenvalue weighted by molar-refractivity contribution is 5.96. The van der Waals surface area contributed by atoms with Crippen LogP contribution in [0, 0.1) is 11.7 Å². The van der Waals surface area contributed by atoms with E-state index in [0.29, 0.717) is 25.6 Å². The second-order valence-corrected chi connectivity index (χ2v) is 5.61. The molecule has 112 valence electrons. The highest BCUT2D eigenvalue weighted by atomic mass is 19.1. The topological polar surface area (TPSA) is 43.8 Å². The van der Waals surface area contributed by atoms with Crippen molar-refractivity contribution in [1.29, 1.82) is 0 Å². The molecule has 1 amide bonds. The predicted octanol–water partition coefficient (Wildman–Crippen LogP) is 2.19. The molecule has 1 N–H and O–H groups in total. The lowest BCUT2D eigenvalue weighted by Gasteiger charge is -2.26. The number of aromatic hydroxyl groups is 1. The molecule has 0 atom stereocenters. The van der Waals surface area contributed by atoms with Gasteiger partial charge < -0.3 is 14.9 Å². The summed E-state index contributed by atoms with van der Waals surface area (Å²) in [6.07, 6.45) is 0. The van der Waals surface area contributed by atoms with E-state index in [2.05, 4.69) is 0 Å². The number of benzene rings is 1. The van der Waals surface area contributed by atoms with Crippen LogP contribution < -0.4 is 0 Å². The number of phenolic OH excluding ortho intramolecular Hbond substituents is 1. The van der Waals surface area contributed by atoms with E-state index >= 15 is 0 Å².